The Morgan fingerprint density at radius 3 is 2.55 bits per heavy atom. The molecule has 6 nitrogen and oxygen atoms in total. The molecule has 0 unspecified atom stereocenters. The van der Waals surface area contributed by atoms with Gasteiger partial charge in [-0.1, -0.05) is 31.2 Å². The smallest absolute Gasteiger partial charge is 0.223 e. The van der Waals surface area contributed by atoms with Gasteiger partial charge in [0.25, 0.3) is 0 Å². The van der Waals surface area contributed by atoms with Gasteiger partial charge in [0.05, 0.1) is 6.54 Å². The van der Waals surface area contributed by atoms with Crippen LogP contribution in [-0.4, -0.2) is 34.8 Å². The molecule has 0 saturated carbocycles. The highest BCUT2D eigenvalue weighted by Gasteiger charge is 2.22. The van der Waals surface area contributed by atoms with E-state index in [4.69, 9.17) is 0 Å². The van der Waals surface area contributed by atoms with Crippen molar-refractivity contribution in [2.24, 2.45) is 4.99 Å². The number of hydrogen-bond acceptors (Lipinski definition) is 4. The number of fused-ring (bicyclic) bond motifs is 1. The fourth-order valence-electron chi connectivity index (χ4n) is 3.19. The summed E-state index contributed by atoms with van der Waals surface area (Å²) in [4.78, 5) is 24.7. The predicted molar refractivity (Wildman–Crippen MR) is 130 cm³/mol. The molecule has 158 valence electrons. The van der Waals surface area contributed by atoms with Crippen LogP contribution in [-0.2, 0) is 30.8 Å². The fraction of sp³-hybridized carbons (Fsp3) is 0.476. The van der Waals surface area contributed by atoms with Gasteiger partial charge in [0.1, 0.15) is 5.01 Å². The molecule has 0 radical (unpaired) electrons. The lowest BCUT2D eigenvalue weighted by molar-refractivity contribution is -0.131. The number of thiazole rings is 1. The van der Waals surface area contributed by atoms with Crippen LogP contribution in [0.4, 0.5) is 0 Å². The summed E-state index contributed by atoms with van der Waals surface area (Å²) in [5.74, 6) is 0.992. The first kappa shape index (κ1) is 23.6. The third kappa shape index (κ3) is 6.95. The highest BCUT2D eigenvalue weighted by atomic mass is 127. The molecule has 0 bridgehead atoms. The zero-order valence-corrected chi connectivity index (χ0v) is 20.3. The summed E-state index contributed by atoms with van der Waals surface area (Å²) in [6.07, 6.45) is 4.27. The lowest BCUT2D eigenvalue weighted by atomic mass is 10.1. The minimum Gasteiger partial charge on any atom is -0.357 e. The molecule has 2 aromatic rings. The summed E-state index contributed by atoms with van der Waals surface area (Å²) < 4.78 is 0. The molecule has 1 amide bonds. The van der Waals surface area contributed by atoms with Crippen LogP contribution in [0.15, 0.2) is 35.5 Å². The quantitative estimate of drug-likeness (QED) is 0.238. The van der Waals surface area contributed by atoms with Gasteiger partial charge in [0, 0.05) is 43.7 Å². The molecule has 1 aliphatic heterocycles. The van der Waals surface area contributed by atoms with Gasteiger partial charge < -0.3 is 15.5 Å². The van der Waals surface area contributed by atoms with Crippen LogP contribution >= 0.6 is 35.3 Å². The Kier molecular flexibility index (Phi) is 9.86. The number of guanidine groups is 1. The van der Waals surface area contributed by atoms with Crippen LogP contribution in [0.5, 0.6) is 0 Å². The van der Waals surface area contributed by atoms with E-state index < -0.39 is 0 Å². The summed E-state index contributed by atoms with van der Waals surface area (Å²) in [5.41, 5.74) is 2.54. The van der Waals surface area contributed by atoms with E-state index in [1.807, 2.05) is 30.2 Å². The maximum atomic E-state index is 12.5. The predicted octanol–water partition coefficient (Wildman–Crippen LogP) is 3.70. The topological polar surface area (TPSA) is 69.6 Å². The van der Waals surface area contributed by atoms with Crippen LogP contribution < -0.4 is 10.6 Å². The lowest BCUT2D eigenvalue weighted by Crippen LogP contribution is -2.38. The molecule has 0 aliphatic carbocycles. The summed E-state index contributed by atoms with van der Waals surface area (Å²) >= 11 is 1.71. The Hall–Kier alpha value is -1.68. The molecule has 1 aromatic heterocycles. The Labute approximate surface area is 194 Å². The number of rotatable bonds is 8. The summed E-state index contributed by atoms with van der Waals surface area (Å²) in [5, 5.41) is 7.59. The number of benzene rings is 1. The van der Waals surface area contributed by atoms with Crippen molar-refractivity contribution >= 4 is 47.2 Å². The van der Waals surface area contributed by atoms with Gasteiger partial charge in [0.15, 0.2) is 5.96 Å². The number of halogens is 1. The van der Waals surface area contributed by atoms with Crippen LogP contribution in [0.1, 0.15) is 47.7 Å². The van der Waals surface area contributed by atoms with Crippen molar-refractivity contribution in [1.29, 1.82) is 0 Å². The monoisotopic (exact) mass is 527 g/mol. The van der Waals surface area contributed by atoms with Crippen molar-refractivity contribution in [3.8, 4) is 0 Å². The normalized spacial score (nSPS) is 13.0. The number of aryl methyl sites for hydroxylation is 1. The summed E-state index contributed by atoms with van der Waals surface area (Å²) in [6, 6.07) is 8.28. The van der Waals surface area contributed by atoms with Gasteiger partial charge in [-0.2, -0.15) is 0 Å². The highest BCUT2D eigenvalue weighted by molar-refractivity contribution is 14.0. The Bertz CT molecular complexity index is 798. The van der Waals surface area contributed by atoms with Crippen molar-refractivity contribution in [2.45, 2.75) is 52.7 Å². The Morgan fingerprint density at radius 2 is 1.93 bits per heavy atom. The second-order valence-corrected chi connectivity index (χ2v) is 8.02. The molecular formula is C21H30IN5OS. The first-order valence-electron chi connectivity index (χ1n) is 10.00. The molecule has 1 aromatic carbocycles. The molecule has 0 fully saturated rings. The number of aromatic nitrogens is 1. The maximum absolute atomic E-state index is 12.5. The van der Waals surface area contributed by atoms with Crippen molar-refractivity contribution < 1.29 is 4.79 Å². The van der Waals surface area contributed by atoms with Crippen LogP contribution in [0, 0.1) is 0 Å². The molecule has 2 heterocycles. The minimum atomic E-state index is 0. The van der Waals surface area contributed by atoms with Gasteiger partial charge in [-0.05, 0) is 30.9 Å². The number of aliphatic imine (C=N–C) groups is 1. The van der Waals surface area contributed by atoms with Gasteiger partial charge in [-0.3, -0.25) is 4.79 Å². The molecule has 0 atom stereocenters. The number of carbonyl (C=O) groups is 1. The van der Waals surface area contributed by atoms with E-state index in [2.05, 4.69) is 39.7 Å². The third-order valence-electron chi connectivity index (χ3n) is 4.72. The number of carbonyl (C=O) groups excluding carboxylic acids is 1. The average Bonchev–Trinajstić information content (AvgIpc) is 3.35. The Balaban J connectivity index is 0.00000300. The van der Waals surface area contributed by atoms with Crippen molar-refractivity contribution in [3.05, 3.63) is 51.5 Å². The standard InChI is InChI=1S/C21H29N5OS.HI/c1-3-18-12-24-19(28-18)13-25-21(22-4-2)23-11-7-10-20(27)26-14-16-8-5-6-9-17(16)15-26;/h5-6,8-9,12H,3-4,7,10-11,13-15H2,1-2H3,(H2,22,23,25);1H. The number of nitrogens with one attached hydrogen (secondary N) is 2. The molecule has 1 aliphatic rings. The molecule has 0 saturated heterocycles. The SMILES string of the molecule is CCNC(=NCc1ncc(CC)s1)NCCCC(=O)N1Cc2ccccc2C1.I. The number of amides is 1. The first-order valence-corrected chi connectivity index (χ1v) is 10.8. The van der Waals surface area contributed by atoms with E-state index >= 15 is 0 Å². The molecule has 2 N–H and O–H groups in total. The lowest BCUT2D eigenvalue weighted by Gasteiger charge is -2.16. The fourth-order valence-corrected chi connectivity index (χ4v) is 3.97. The zero-order valence-electron chi connectivity index (χ0n) is 17.1. The van der Waals surface area contributed by atoms with Gasteiger partial charge in [-0.15, -0.1) is 35.3 Å². The van der Waals surface area contributed by atoms with Crippen LogP contribution in [0.25, 0.3) is 0 Å². The van der Waals surface area contributed by atoms with Gasteiger partial charge >= 0.3 is 0 Å². The highest BCUT2D eigenvalue weighted by Crippen LogP contribution is 2.22. The molecule has 0 spiro atoms. The third-order valence-corrected chi connectivity index (χ3v) is 5.85. The average molecular weight is 527 g/mol. The molecule has 29 heavy (non-hydrogen) atoms. The van der Waals surface area contributed by atoms with Crippen LogP contribution in [0.3, 0.4) is 0 Å². The van der Waals surface area contributed by atoms with E-state index in [0.717, 1.165) is 50.0 Å². The first-order chi connectivity index (χ1) is 13.7. The van der Waals surface area contributed by atoms with E-state index in [0.29, 0.717) is 13.0 Å². The summed E-state index contributed by atoms with van der Waals surface area (Å²) in [6.45, 7) is 7.75. The second kappa shape index (κ2) is 12.1. The second-order valence-electron chi connectivity index (χ2n) is 6.82. The van der Waals surface area contributed by atoms with E-state index in [1.54, 1.807) is 11.3 Å². The largest absolute Gasteiger partial charge is 0.357 e. The van der Waals surface area contributed by atoms with E-state index in [9.17, 15) is 4.79 Å². The zero-order chi connectivity index (χ0) is 19.8. The van der Waals surface area contributed by atoms with Crippen molar-refractivity contribution in [3.63, 3.8) is 0 Å². The van der Waals surface area contributed by atoms with E-state index in [-0.39, 0.29) is 29.9 Å². The minimum absolute atomic E-state index is 0. The molecule has 8 heteroatoms. The maximum Gasteiger partial charge on any atom is 0.223 e. The van der Waals surface area contributed by atoms with Crippen molar-refractivity contribution in [1.82, 2.24) is 20.5 Å². The number of nitrogens with zero attached hydrogens (tertiary/aromatic N) is 3. The van der Waals surface area contributed by atoms with E-state index in [1.165, 1.54) is 16.0 Å². The van der Waals surface area contributed by atoms with Gasteiger partial charge in [0.2, 0.25) is 5.91 Å². The number of hydrogen-bond donors (Lipinski definition) is 2. The Morgan fingerprint density at radius 1 is 1.21 bits per heavy atom. The molecular weight excluding hydrogens is 497 g/mol. The van der Waals surface area contributed by atoms with Crippen LogP contribution in [0.2, 0.25) is 0 Å². The molecule has 3 rings (SSSR count). The summed E-state index contributed by atoms with van der Waals surface area (Å²) in [7, 11) is 0. The van der Waals surface area contributed by atoms with Gasteiger partial charge in [-0.25, -0.2) is 9.98 Å². The van der Waals surface area contributed by atoms with Crippen molar-refractivity contribution in [2.75, 3.05) is 13.1 Å².